The summed E-state index contributed by atoms with van der Waals surface area (Å²) in [7, 11) is 0. The van der Waals surface area contributed by atoms with E-state index >= 15 is 0 Å². The van der Waals surface area contributed by atoms with Crippen LogP contribution in [0.15, 0.2) is 30.3 Å². The molecule has 0 bridgehead atoms. The third-order valence-electron chi connectivity index (χ3n) is 4.92. The van der Waals surface area contributed by atoms with Gasteiger partial charge in [-0.05, 0) is 37.2 Å². The van der Waals surface area contributed by atoms with E-state index in [2.05, 4.69) is 56.4 Å². The number of benzene rings is 1. The van der Waals surface area contributed by atoms with Crippen LogP contribution in [0.5, 0.6) is 0 Å². The number of nitrogens with two attached hydrogens (primary N) is 1. The molecule has 0 spiro atoms. The molecule has 2 nitrogen and oxygen atoms in total. The fraction of sp³-hybridized carbons (Fsp3) is 0.647. The monoisotopic (exact) mass is 260 g/mol. The van der Waals surface area contributed by atoms with Crippen LogP contribution in [-0.2, 0) is 0 Å². The van der Waals surface area contributed by atoms with Gasteiger partial charge in [-0.2, -0.15) is 0 Å². The topological polar surface area (TPSA) is 38.0 Å². The van der Waals surface area contributed by atoms with Crippen LogP contribution in [0.3, 0.4) is 0 Å². The van der Waals surface area contributed by atoms with Crippen molar-refractivity contribution in [1.82, 2.24) is 5.32 Å². The molecule has 1 aliphatic carbocycles. The second-order valence-electron chi connectivity index (χ2n) is 6.42. The Morgan fingerprint density at radius 1 is 1.26 bits per heavy atom. The second-order valence-corrected chi connectivity index (χ2v) is 6.42. The summed E-state index contributed by atoms with van der Waals surface area (Å²) in [5.41, 5.74) is 7.61. The Hall–Kier alpha value is -0.860. The van der Waals surface area contributed by atoms with Crippen LogP contribution >= 0.6 is 0 Å². The van der Waals surface area contributed by atoms with Gasteiger partial charge in [0.1, 0.15) is 0 Å². The van der Waals surface area contributed by atoms with E-state index in [1.807, 2.05) is 0 Å². The van der Waals surface area contributed by atoms with Gasteiger partial charge in [0, 0.05) is 18.1 Å². The Labute approximate surface area is 117 Å². The lowest BCUT2D eigenvalue weighted by Crippen LogP contribution is -2.59. The van der Waals surface area contributed by atoms with Gasteiger partial charge in [0.05, 0.1) is 0 Å². The molecule has 106 valence electrons. The van der Waals surface area contributed by atoms with Gasteiger partial charge in [0.25, 0.3) is 0 Å². The smallest absolute Gasteiger partial charge is 0.0337 e. The van der Waals surface area contributed by atoms with Crippen LogP contribution in [0.4, 0.5) is 0 Å². The summed E-state index contributed by atoms with van der Waals surface area (Å²) in [5.74, 6) is 1.43. The number of nitrogens with one attached hydrogen (secondary N) is 1. The van der Waals surface area contributed by atoms with Crippen LogP contribution in [0.1, 0.15) is 51.6 Å². The summed E-state index contributed by atoms with van der Waals surface area (Å²) >= 11 is 0. The van der Waals surface area contributed by atoms with Crippen molar-refractivity contribution in [2.24, 2.45) is 17.6 Å². The average molecular weight is 260 g/mol. The molecule has 2 rings (SSSR count). The number of hydrogen-bond acceptors (Lipinski definition) is 2. The summed E-state index contributed by atoms with van der Waals surface area (Å²) in [4.78, 5) is 0. The van der Waals surface area contributed by atoms with Crippen molar-refractivity contribution in [3.05, 3.63) is 35.9 Å². The Morgan fingerprint density at radius 2 is 1.95 bits per heavy atom. The molecular formula is C17H28N2. The zero-order valence-electron chi connectivity index (χ0n) is 12.5. The Kier molecular flexibility index (Phi) is 4.64. The van der Waals surface area contributed by atoms with Crippen LogP contribution in [0.2, 0.25) is 0 Å². The highest BCUT2D eigenvalue weighted by Gasteiger charge is 2.40. The molecule has 1 saturated carbocycles. The van der Waals surface area contributed by atoms with Gasteiger partial charge in [0.15, 0.2) is 0 Å². The van der Waals surface area contributed by atoms with E-state index in [0.717, 1.165) is 12.5 Å². The molecule has 4 atom stereocenters. The third kappa shape index (κ3) is 3.18. The van der Waals surface area contributed by atoms with Crippen molar-refractivity contribution in [3.63, 3.8) is 0 Å². The minimum absolute atomic E-state index is 0.104. The lowest BCUT2D eigenvalue weighted by atomic mass is 9.69. The molecule has 2 heteroatoms. The summed E-state index contributed by atoms with van der Waals surface area (Å²) in [6, 6.07) is 11.0. The Balaban J connectivity index is 2.13. The zero-order chi connectivity index (χ0) is 13.9. The van der Waals surface area contributed by atoms with Gasteiger partial charge in [-0.25, -0.2) is 0 Å². The van der Waals surface area contributed by atoms with Gasteiger partial charge in [-0.1, -0.05) is 50.6 Å². The lowest BCUT2D eigenvalue weighted by molar-refractivity contribution is 0.114. The highest BCUT2D eigenvalue weighted by atomic mass is 15.0. The molecule has 1 fully saturated rings. The maximum absolute atomic E-state index is 6.15. The molecule has 1 aromatic carbocycles. The van der Waals surface area contributed by atoms with Crippen LogP contribution in [-0.4, -0.2) is 12.1 Å². The van der Waals surface area contributed by atoms with Crippen molar-refractivity contribution in [2.45, 2.75) is 51.6 Å². The molecule has 0 radical (unpaired) electrons. The molecule has 0 aromatic heterocycles. The van der Waals surface area contributed by atoms with Gasteiger partial charge in [0.2, 0.25) is 0 Å². The fourth-order valence-corrected chi connectivity index (χ4v) is 3.54. The van der Waals surface area contributed by atoms with Crippen molar-refractivity contribution >= 4 is 0 Å². The normalized spacial score (nSPS) is 33.1. The highest BCUT2D eigenvalue weighted by molar-refractivity contribution is 5.19. The SMILES string of the molecule is CC1CCC(C)C(CN)(NC(C)c2ccccc2)C1. The van der Waals surface area contributed by atoms with Crippen molar-refractivity contribution in [2.75, 3.05) is 6.54 Å². The quantitative estimate of drug-likeness (QED) is 0.869. The maximum atomic E-state index is 6.15. The van der Waals surface area contributed by atoms with Gasteiger partial charge in [-0.3, -0.25) is 0 Å². The van der Waals surface area contributed by atoms with E-state index in [9.17, 15) is 0 Å². The first kappa shape index (κ1) is 14.5. The second kappa shape index (κ2) is 6.06. The predicted molar refractivity (Wildman–Crippen MR) is 82.0 cm³/mol. The molecule has 3 N–H and O–H groups in total. The molecule has 1 aromatic rings. The first-order valence-corrected chi connectivity index (χ1v) is 7.60. The summed E-state index contributed by atoms with van der Waals surface area (Å²) in [6.45, 7) is 7.68. The Bertz CT molecular complexity index is 390. The number of rotatable bonds is 4. The van der Waals surface area contributed by atoms with Crippen molar-refractivity contribution < 1.29 is 0 Å². The van der Waals surface area contributed by atoms with Crippen LogP contribution < -0.4 is 11.1 Å². The summed E-state index contributed by atoms with van der Waals surface area (Å²) in [5, 5.41) is 3.85. The maximum Gasteiger partial charge on any atom is 0.0337 e. The Morgan fingerprint density at radius 3 is 2.58 bits per heavy atom. The van der Waals surface area contributed by atoms with Crippen LogP contribution in [0, 0.1) is 11.8 Å². The molecule has 19 heavy (non-hydrogen) atoms. The van der Waals surface area contributed by atoms with Crippen LogP contribution in [0.25, 0.3) is 0 Å². The minimum atomic E-state index is 0.104. The van der Waals surface area contributed by atoms with Crippen molar-refractivity contribution in [3.8, 4) is 0 Å². The molecule has 0 amide bonds. The molecule has 1 aliphatic rings. The molecular weight excluding hydrogens is 232 g/mol. The standard InChI is InChI=1S/C17H28N2/c1-13-9-10-14(2)17(11-13,12-18)19-15(3)16-7-5-4-6-8-16/h4-8,13-15,19H,9-12,18H2,1-3H3. The molecule has 0 aliphatic heterocycles. The third-order valence-corrected chi connectivity index (χ3v) is 4.92. The van der Waals surface area contributed by atoms with E-state index in [-0.39, 0.29) is 5.54 Å². The fourth-order valence-electron chi connectivity index (χ4n) is 3.54. The average Bonchev–Trinajstić information content (AvgIpc) is 2.43. The van der Waals surface area contributed by atoms with E-state index < -0.39 is 0 Å². The van der Waals surface area contributed by atoms with E-state index in [1.54, 1.807) is 0 Å². The highest BCUT2D eigenvalue weighted by Crippen LogP contribution is 2.37. The number of hydrogen-bond donors (Lipinski definition) is 2. The zero-order valence-corrected chi connectivity index (χ0v) is 12.5. The van der Waals surface area contributed by atoms with E-state index in [0.29, 0.717) is 12.0 Å². The minimum Gasteiger partial charge on any atom is -0.329 e. The molecule has 4 unspecified atom stereocenters. The first-order valence-electron chi connectivity index (χ1n) is 7.60. The van der Waals surface area contributed by atoms with Gasteiger partial charge in [-0.15, -0.1) is 0 Å². The lowest BCUT2D eigenvalue weighted by Gasteiger charge is -2.47. The van der Waals surface area contributed by atoms with E-state index in [4.69, 9.17) is 5.73 Å². The van der Waals surface area contributed by atoms with E-state index in [1.165, 1.54) is 24.8 Å². The van der Waals surface area contributed by atoms with Gasteiger partial charge >= 0.3 is 0 Å². The van der Waals surface area contributed by atoms with Gasteiger partial charge < -0.3 is 11.1 Å². The predicted octanol–water partition coefficient (Wildman–Crippen LogP) is 3.49. The van der Waals surface area contributed by atoms with Crippen molar-refractivity contribution in [1.29, 1.82) is 0 Å². The molecule has 0 heterocycles. The summed E-state index contributed by atoms with van der Waals surface area (Å²) in [6.07, 6.45) is 3.82. The largest absolute Gasteiger partial charge is 0.329 e. The first-order chi connectivity index (χ1) is 9.07. The molecule has 0 saturated heterocycles. The summed E-state index contributed by atoms with van der Waals surface area (Å²) < 4.78 is 0.